The molecule has 0 aromatic carbocycles. The molecule has 2 unspecified atom stereocenters. The predicted octanol–water partition coefficient (Wildman–Crippen LogP) is 1.37. The van der Waals surface area contributed by atoms with Gasteiger partial charge in [-0.3, -0.25) is 0 Å². The maximum absolute atomic E-state index is 11.6. The molecule has 4 nitrogen and oxygen atoms in total. The van der Waals surface area contributed by atoms with Crippen LogP contribution >= 0.6 is 11.3 Å². The van der Waals surface area contributed by atoms with Gasteiger partial charge in [0.1, 0.15) is 0 Å². The van der Waals surface area contributed by atoms with Gasteiger partial charge in [-0.15, -0.1) is 11.3 Å². The number of nitrogens with one attached hydrogen (secondary N) is 1. The van der Waals surface area contributed by atoms with Gasteiger partial charge in [-0.05, 0) is 19.8 Å². The number of hydrogen-bond donors (Lipinski definition) is 1. The Bertz CT molecular complexity index is 428. The molecule has 0 aliphatic carbocycles. The number of rotatable bonds is 4. The molecule has 0 amide bonds. The minimum Gasteiger partial charge on any atom is -0.308 e. The lowest BCUT2D eigenvalue weighted by Gasteiger charge is -2.15. The van der Waals surface area contributed by atoms with Crippen LogP contribution in [0.1, 0.15) is 31.5 Å². The highest BCUT2D eigenvalue weighted by atomic mass is 32.2. The second kappa shape index (κ2) is 4.81. The molecule has 6 heteroatoms. The molecule has 1 aromatic heterocycles. The zero-order valence-electron chi connectivity index (χ0n) is 9.22. The van der Waals surface area contributed by atoms with Gasteiger partial charge in [0, 0.05) is 18.0 Å². The fourth-order valence-electron chi connectivity index (χ4n) is 1.94. The molecular weight excluding hydrogens is 244 g/mol. The number of sulfone groups is 1. The molecule has 90 valence electrons. The first-order valence-corrected chi connectivity index (χ1v) is 8.08. The van der Waals surface area contributed by atoms with Crippen molar-refractivity contribution in [3.63, 3.8) is 0 Å². The van der Waals surface area contributed by atoms with E-state index < -0.39 is 9.84 Å². The van der Waals surface area contributed by atoms with E-state index in [9.17, 15) is 8.42 Å². The summed E-state index contributed by atoms with van der Waals surface area (Å²) >= 11 is 1.56. The summed E-state index contributed by atoms with van der Waals surface area (Å²) in [5, 5.41) is 5.03. The molecule has 1 N–H and O–H groups in total. The first-order chi connectivity index (χ1) is 7.59. The predicted molar refractivity (Wildman–Crippen MR) is 65.3 cm³/mol. The van der Waals surface area contributed by atoms with Crippen LogP contribution in [0.4, 0.5) is 0 Å². The minimum absolute atomic E-state index is 0.127. The molecule has 1 saturated heterocycles. The summed E-state index contributed by atoms with van der Waals surface area (Å²) in [6, 6.07) is 0.127. The highest BCUT2D eigenvalue weighted by molar-refractivity contribution is 7.92. The Morgan fingerprint density at radius 3 is 3.06 bits per heavy atom. The fourth-order valence-corrected chi connectivity index (χ4v) is 4.36. The van der Waals surface area contributed by atoms with Gasteiger partial charge < -0.3 is 5.32 Å². The number of aromatic nitrogens is 1. The van der Waals surface area contributed by atoms with Crippen molar-refractivity contribution < 1.29 is 8.42 Å². The molecule has 1 aromatic rings. The van der Waals surface area contributed by atoms with Crippen LogP contribution in [0.15, 0.2) is 10.9 Å². The molecule has 0 bridgehead atoms. The summed E-state index contributed by atoms with van der Waals surface area (Å²) in [6.07, 6.45) is 1.60. The van der Waals surface area contributed by atoms with Crippen molar-refractivity contribution in [3.8, 4) is 0 Å². The molecule has 0 spiro atoms. The summed E-state index contributed by atoms with van der Waals surface area (Å²) in [6.45, 7) is 2.55. The average molecular weight is 260 g/mol. The lowest BCUT2D eigenvalue weighted by Crippen LogP contribution is -2.32. The molecule has 16 heavy (non-hydrogen) atoms. The highest BCUT2D eigenvalue weighted by Crippen LogP contribution is 2.20. The van der Waals surface area contributed by atoms with Gasteiger partial charge in [0.05, 0.1) is 22.2 Å². The van der Waals surface area contributed by atoms with Crippen molar-refractivity contribution in [1.82, 2.24) is 10.3 Å². The van der Waals surface area contributed by atoms with Gasteiger partial charge in [-0.1, -0.05) is 0 Å². The molecule has 2 heterocycles. The Balaban J connectivity index is 1.88. The van der Waals surface area contributed by atoms with Gasteiger partial charge in [-0.25, -0.2) is 13.4 Å². The van der Waals surface area contributed by atoms with Crippen LogP contribution in [0.25, 0.3) is 0 Å². The molecule has 1 aliphatic rings. The Hall–Kier alpha value is -0.460. The Labute approximate surface area is 100 Å². The third kappa shape index (κ3) is 2.61. The summed E-state index contributed by atoms with van der Waals surface area (Å²) in [7, 11) is -2.83. The van der Waals surface area contributed by atoms with Crippen molar-refractivity contribution >= 4 is 21.2 Å². The zero-order chi connectivity index (χ0) is 11.6. The summed E-state index contributed by atoms with van der Waals surface area (Å²) in [5.41, 5.74) is 2.78. The summed E-state index contributed by atoms with van der Waals surface area (Å²) in [4.78, 5) is 4.20. The molecule has 1 aliphatic heterocycles. The summed E-state index contributed by atoms with van der Waals surface area (Å²) in [5.74, 6) is 0.352. The Morgan fingerprint density at radius 1 is 1.69 bits per heavy atom. The third-order valence-electron chi connectivity index (χ3n) is 3.01. The lowest BCUT2D eigenvalue weighted by atomic mass is 10.2. The van der Waals surface area contributed by atoms with E-state index in [-0.39, 0.29) is 11.3 Å². The van der Waals surface area contributed by atoms with Gasteiger partial charge >= 0.3 is 0 Å². The van der Waals surface area contributed by atoms with Crippen molar-refractivity contribution in [2.45, 2.75) is 31.1 Å². The number of thiazole rings is 1. The van der Waals surface area contributed by atoms with E-state index in [1.165, 1.54) is 0 Å². The van der Waals surface area contributed by atoms with Crippen molar-refractivity contribution in [3.05, 3.63) is 16.6 Å². The maximum Gasteiger partial charge on any atom is 0.154 e. The van der Waals surface area contributed by atoms with Crippen LogP contribution in [-0.4, -0.2) is 30.9 Å². The summed E-state index contributed by atoms with van der Waals surface area (Å²) < 4.78 is 23.2. The molecular formula is C10H16N2O2S2. The van der Waals surface area contributed by atoms with E-state index in [1.807, 2.05) is 12.3 Å². The van der Waals surface area contributed by atoms with E-state index in [4.69, 9.17) is 0 Å². The van der Waals surface area contributed by atoms with Crippen molar-refractivity contribution in [1.29, 1.82) is 0 Å². The quantitative estimate of drug-likeness (QED) is 0.888. The van der Waals surface area contributed by atoms with Crippen LogP contribution < -0.4 is 5.32 Å². The van der Waals surface area contributed by atoms with E-state index in [1.54, 1.807) is 16.8 Å². The fraction of sp³-hybridized carbons (Fsp3) is 0.700. The second-order valence-electron chi connectivity index (χ2n) is 4.17. The normalized spacial score (nSPS) is 25.7. The average Bonchev–Trinajstić information content (AvgIpc) is 2.83. The standard InChI is InChI=1S/C10H16N2O2S2/c1-8(10-6-15-7-12-10)11-5-9-3-2-4-16(9,13)14/h6-9,11H,2-5H2,1H3. The van der Waals surface area contributed by atoms with Crippen LogP contribution in [0, 0.1) is 0 Å². The van der Waals surface area contributed by atoms with Gasteiger partial charge in [0.15, 0.2) is 9.84 Å². The van der Waals surface area contributed by atoms with E-state index >= 15 is 0 Å². The highest BCUT2D eigenvalue weighted by Gasteiger charge is 2.31. The zero-order valence-corrected chi connectivity index (χ0v) is 10.9. The van der Waals surface area contributed by atoms with Gasteiger partial charge in [0.25, 0.3) is 0 Å². The molecule has 0 radical (unpaired) electrons. The van der Waals surface area contributed by atoms with Crippen LogP contribution in [-0.2, 0) is 9.84 Å². The van der Waals surface area contributed by atoms with Crippen LogP contribution in [0.2, 0.25) is 0 Å². The minimum atomic E-state index is -2.83. The lowest BCUT2D eigenvalue weighted by molar-refractivity contribution is 0.532. The maximum atomic E-state index is 11.6. The van der Waals surface area contributed by atoms with Gasteiger partial charge in [0.2, 0.25) is 0 Å². The Morgan fingerprint density at radius 2 is 2.50 bits per heavy atom. The van der Waals surface area contributed by atoms with E-state index in [2.05, 4.69) is 10.3 Å². The second-order valence-corrected chi connectivity index (χ2v) is 7.29. The first kappa shape index (κ1) is 12.0. The third-order valence-corrected chi connectivity index (χ3v) is 5.89. The molecule has 2 rings (SSSR count). The number of nitrogens with zero attached hydrogens (tertiary/aromatic N) is 1. The van der Waals surface area contributed by atoms with E-state index in [0.29, 0.717) is 12.3 Å². The first-order valence-electron chi connectivity index (χ1n) is 5.42. The Kier molecular flexibility index (Phi) is 3.61. The molecule has 2 atom stereocenters. The smallest absolute Gasteiger partial charge is 0.154 e. The van der Waals surface area contributed by atoms with Crippen molar-refractivity contribution in [2.24, 2.45) is 0 Å². The largest absolute Gasteiger partial charge is 0.308 e. The van der Waals surface area contributed by atoms with E-state index in [0.717, 1.165) is 18.5 Å². The topological polar surface area (TPSA) is 59.1 Å². The molecule has 0 saturated carbocycles. The molecule has 1 fully saturated rings. The van der Waals surface area contributed by atoms with Gasteiger partial charge in [-0.2, -0.15) is 0 Å². The van der Waals surface area contributed by atoms with Crippen molar-refractivity contribution in [2.75, 3.05) is 12.3 Å². The van der Waals surface area contributed by atoms with Crippen LogP contribution in [0.3, 0.4) is 0 Å². The number of hydrogen-bond acceptors (Lipinski definition) is 5. The van der Waals surface area contributed by atoms with Crippen LogP contribution in [0.5, 0.6) is 0 Å². The SMILES string of the molecule is CC(NCC1CCCS1(=O)=O)c1cscn1. The monoisotopic (exact) mass is 260 g/mol.